The fraction of sp³-hybridized carbons (Fsp3) is 0.667. The molecule has 0 amide bonds. The molecule has 0 aromatic carbocycles. The van der Waals surface area contributed by atoms with Gasteiger partial charge in [0.1, 0.15) is 0 Å². The number of hydrogen-bond donors (Lipinski definition) is 0. The summed E-state index contributed by atoms with van der Waals surface area (Å²) in [5.74, 6) is 0. The van der Waals surface area contributed by atoms with Crippen LogP contribution in [0.3, 0.4) is 0 Å². The first-order valence-electron chi connectivity index (χ1n) is 3.85. The van der Waals surface area contributed by atoms with Crippen molar-refractivity contribution in [1.29, 1.82) is 0 Å². The Morgan fingerprint density at radius 3 is 2.70 bits per heavy atom. The largest absolute Gasteiger partial charge is 0.381 e. The summed E-state index contributed by atoms with van der Waals surface area (Å²) >= 11 is 0. The van der Waals surface area contributed by atoms with Crippen LogP contribution in [0.5, 0.6) is 0 Å². The molecule has 1 heteroatoms. The molecule has 0 aliphatic heterocycles. The number of ether oxygens (including phenoxy) is 1. The molecule has 0 bridgehead atoms. The third-order valence-corrected chi connectivity index (χ3v) is 1.30. The number of unbranched alkanes of at least 4 members (excludes halogenated alkanes) is 3. The highest BCUT2D eigenvalue weighted by atomic mass is 16.5. The number of allylic oxidation sites excluding steroid dienone is 1. The zero-order valence-electron chi connectivity index (χ0n) is 6.81. The molecule has 0 heterocycles. The minimum Gasteiger partial charge on any atom is -0.381 e. The molecule has 0 spiro atoms. The first-order valence-corrected chi connectivity index (χ1v) is 3.85. The van der Waals surface area contributed by atoms with Gasteiger partial charge in [-0.05, 0) is 12.8 Å². The summed E-state index contributed by atoms with van der Waals surface area (Å²) in [5, 5.41) is 0. The monoisotopic (exact) mass is 141 g/mol. The van der Waals surface area contributed by atoms with Crippen molar-refractivity contribution in [2.75, 3.05) is 13.7 Å². The van der Waals surface area contributed by atoms with Crippen molar-refractivity contribution in [2.45, 2.75) is 25.7 Å². The van der Waals surface area contributed by atoms with E-state index in [1.54, 1.807) is 7.11 Å². The maximum absolute atomic E-state index is 4.85. The van der Waals surface area contributed by atoms with Gasteiger partial charge in [0.25, 0.3) is 0 Å². The maximum Gasteiger partial charge on any atom is 0.0643 e. The Balaban J connectivity index is 2.88. The Labute approximate surface area is 64.1 Å². The molecule has 10 heavy (non-hydrogen) atoms. The molecular weight excluding hydrogens is 124 g/mol. The molecule has 0 atom stereocenters. The summed E-state index contributed by atoms with van der Waals surface area (Å²) in [6.45, 7) is 4.51. The van der Waals surface area contributed by atoms with E-state index in [0.29, 0.717) is 0 Å². The van der Waals surface area contributed by atoms with Crippen LogP contribution in [0.25, 0.3) is 0 Å². The van der Waals surface area contributed by atoms with Crippen molar-refractivity contribution < 1.29 is 4.74 Å². The van der Waals surface area contributed by atoms with E-state index in [-0.39, 0.29) is 0 Å². The number of hydrogen-bond acceptors (Lipinski definition) is 1. The zero-order chi connectivity index (χ0) is 7.66. The third kappa shape index (κ3) is 7.70. The molecule has 59 valence electrons. The summed E-state index contributed by atoms with van der Waals surface area (Å²) in [4.78, 5) is 0. The van der Waals surface area contributed by atoms with Crippen molar-refractivity contribution >= 4 is 0 Å². The van der Waals surface area contributed by atoms with Gasteiger partial charge in [0.2, 0.25) is 0 Å². The van der Waals surface area contributed by atoms with Crippen molar-refractivity contribution in [1.82, 2.24) is 0 Å². The van der Waals surface area contributed by atoms with E-state index < -0.39 is 0 Å². The molecule has 0 saturated carbocycles. The predicted molar refractivity (Wildman–Crippen MR) is 44.8 cm³/mol. The lowest BCUT2D eigenvalue weighted by molar-refractivity contribution is 0.233. The molecule has 1 nitrogen and oxygen atoms in total. The van der Waals surface area contributed by atoms with Crippen LogP contribution in [0.2, 0.25) is 0 Å². The molecule has 0 fully saturated rings. The predicted octanol–water partition coefficient (Wildman–Crippen LogP) is 2.58. The summed E-state index contributed by atoms with van der Waals surface area (Å²) < 4.78 is 4.85. The van der Waals surface area contributed by atoms with Crippen LogP contribution in [0.4, 0.5) is 0 Å². The summed E-state index contributed by atoms with van der Waals surface area (Å²) in [7, 11) is 1.71. The smallest absolute Gasteiger partial charge is 0.0643 e. The van der Waals surface area contributed by atoms with Crippen molar-refractivity contribution in [2.24, 2.45) is 0 Å². The van der Waals surface area contributed by atoms with Gasteiger partial charge < -0.3 is 4.74 Å². The normalized spacial score (nSPS) is 11.0. The van der Waals surface area contributed by atoms with Crippen molar-refractivity contribution in [3.8, 4) is 0 Å². The van der Waals surface area contributed by atoms with Gasteiger partial charge >= 0.3 is 0 Å². The van der Waals surface area contributed by atoms with Gasteiger partial charge in [-0.15, -0.1) is 0 Å². The minimum atomic E-state index is 0.740. The van der Waals surface area contributed by atoms with Gasteiger partial charge in [-0.2, -0.15) is 0 Å². The van der Waals surface area contributed by atoms with Gasteiger partial charge in [-0.1, -0.05) is 31.9 Å². The van der Waals surface area contributed by atoms with Gasteiger partial charge in [-0.3, -0.25) is 0 Å². The third-order valence-electron chi connectivity index (χ3n) is 1.30. The lowest BCUT2D eigenvalue weighted by atomic mass is 10.2. The van der Waals surface area contributed by atoms with E-state index in [1.165, 1.54) is 19.3 Å². The fourth-order valence-electron chi connectivity index (χ4n) is 0.721. The average Bonchev–Trinajstić information content (AvgIpc) is 1.97. The second-order valence-electron chi connectivity index (χ2n) is 2.28. The molecule has 0 aliphatic carbocycles. The number of methoxy groups -OCH3 is 1. The quantitative estimate of drug-likeness (QED) is 0.408. The van der Waals surface area contributed by atoms with Gasteiger partial charge in [0.15, 0.2) is 0 Å². The summed E-state index contributed by atoms with van der Waals surface area (Å²) in [6, 6.07) is 0. The molecule has 0 aromatic heterocycles. The first kappa shape index (κ1) is 9.70. The van der Waals surface area contributed by atoms with Crippen LogP contribution < -0.4 is 0 Å². The topological polar surface area (TPSA) is 9.23 Å². The highest BCUT2D eigenvalue weighted by Crippen LogP contribution is 1.98. The molecule has 0 aliphatic rings. The van der Waals surface area contributed by atoms with Crippen LogP contribution >= 0.6 is 0 Å². The lowest BCUT2D eigenvalue weighted by Crippen LogP contribution is -1.80. The fourth-order valence-corrected chi connectivity index (χ4v) is 0.721. The highest BCUT2D eigenvalue weighted by molar-refractivity contribution is 4.80. The van der Waals surface area contributed by atoms with Crippen LogP contribution in [0.15, 0.2) is 12.2 Å². The van der Waals surface area contributed by atoms with E-state index >= 15 is 0 Å². The Hall–Kier alpha value is -0.300. The van der Waals surface area contributed by atoms with Crippen LogP contribution in [-0.2, 0) is 4.74 Å². The van der Waals surface area contributed by atoms with E-state index in [0.717, 1.165) is 13.0 Å². The van der Waals surface area contributed by atoms with Crippen LogP contribution in [0.1, 0.15) is 25.7 Å². The van der Waals surface area contributed by atoms with Gasteiger partial charge in [0.05, 0.1) is 6.61 Å². The minimum absolute atomic E-state index is 0.740. The molecule has 0 saturated heterocycles. The van der Waals surface area contributed by atoms with Crippen molar-refractivity contribution in [3.05, 3.63) is 19.1 Å². The van der Waals surface area contributed by atoms with E-state index in [2.05, 4.69) is 19.1 Å². The lowest BCUT2D eigenvalue weighted by Gasteiger charge is -1.91. The average molecular weight is 141 g/mol. The molecule has 0 aromatic rings. The summed E-state index contributed by atoms with van der Waals surface area (Å²) in [6.07, 6.45) is 8.93. The Bertz CT molecular complexity index is 76.8. The first-order chi connectivity index (χ1) is 4.91. The number of rotatable bonds is 6. The highest BCUT2D eigenvalue weighted by Gasteiger charge is 1.80. The molecule has 1 radical (unpaired) electrons. The molecule has 0 unspecified atom stereocenters. The molecule has 0 rings (SSSR count). The van der Waals surface area contributed by atoms with Crippen molar-refractivity contribution in [3.63, 3.8) is 0 Å². The second kappa shape index (κ2) is 8.70. The molecule has 0 N–H and O–H groups in total. The summed E-state index contributed by atoms with van der Waals surface area (Å²) in [5.41, 5.74) is 0. The Morgan fingerprint density at radius 2 is 2.10 bits per heavy atom. The van der Waals surface area contributed by atoms with E-state index in [1.807, 2.05) is 0 Å². The standard InChI is InChI=1S/C9H17O/c1-3-4-5-6-7-8-9-10-2/h7-8H,1,3-6,9H2,2H3. The second-order valence-corrected chi connectivity index (χ2v) is 2.28. The van der Waals surface area contributed by atoms with Gasteiger partial charge in [0, 0.05) is 7.11 Å². The van der Waals surface area contributed by atoms with Gasteiger partial charge in [-0.25, -0.2) is 0 Å². The van der Waals surface area contributed by atoms with E-state index in [9.17, 15) is 0 Å². The Kier molecular flexibility index (Phi) is 8.44. The SMILES string of the molecule is [CH2]CCCCC=CCOC. The maximum atomic E-state index is 4.85. The van der Waals surface area contributed by atoms with Crippen LogP contribution in [0, 0.1) is 6.92 Å². The zero-order valence-corrected chi connectivity index (χ0v) is 6.81. The Morgan fingerprint density at radius 1 is 1.30 bits per heavy atom. The van der Waals surface area contributed by atoms with Crippen LogP contribution in [-0.4, -0.2) is 13.7 Å². The molecular formula is C9H17O. The van der Waals surface area contributed by atoms with E-state index in [4.69, 9.17) is 4.74 Å².